The van der Waals surface area contributed by atoms with Crippen LogP contribution in [0.5, 0.6) is 0 Å². The molecular formula is C25H26ClN3O5S2. The molecule has 36 heavy (non-hydrogen) atoms. The fraction of sp³-hybridized carbons (Fsp3) is 0.320. The van der Waals surface area contributed by atoms with Crippen LogP contribution in [0.1, 0.15) is 40.7 Å². The van der Waals surface area contributed by atoms with Gasteiger partial charge in [0.05, 0.1) is 9.93 Å². The zero-order chi connectivity index (χ0) is 25.9. The van der Waals surface area contributed by atoms with E-state index in [9.17, 15) is 22.8 Å². The number of piperidine rings is 1. The number of rotatable bonds is 7. The summed E-state index contributed by atoms with van der Waals surface area (Å²) in [6.07, 6.45) is 4.21. The Hall–Kier alpha value is -2.66. The third-order valence-corrected chi connectivity index (χ3v) is 9.28. The van der Waals surface area contributed by atoms with Gasteiger partial charge in [0.25, 0.3) is 17.1 Å². The van der Waals surface area contributed by atoms with Crippen LogP contribution < -0.4 is 5.32 Å². The van der Waals surface area contributed by atoms with E-state index < -0.39 is 27.1 Å². The van der Waals surface area contributed by atoms with Gasteiger partial charge in [0, 0.05) is 31.7 Å². The molecule has 190 valence electrons. The highest BCUT2D eigenvalue weighted by atomic mass is 35.5. The van der Waals surface area contributed by atoms with Gasteiger partial charge in [0.1, 0.15) is 4.90 Å². The molecule has 3 amide bonds. The molecule has 2 aromatic rings. The van der Waals surface area contributed by atoms with E-state index in [-0.39, 0.29) is 28.6 Å². The first-order valence-corrected chi connectivity index (χ1v) is 14.2. The molecule has 1 N–H and O–H groups in total. The van der Waals surface area contributed by atoms with E-state index >= 15 is 0 Å². The predicted octanol–water partition coefficient (Wildman–Crippen LogP) is 4.29. The number of sulfonamides is 1. The van der Waals surface area contributed by atoms with Gasteiger partial charge in [-0.2, -0.15) is 4.31 Å². The molecule has 11 heteroatoms. The number of hydrogen-bond donors (Lipinski definition) is 1. The molecule has 0 unspecified atom stereocenters. The average Bonchev–Trinajstić information content (AvgIpc) is 3.13. The van der Waals surface area contributed by atoms with E-state index in [2.05, 4.69) is 5.32 Å². The average molecular weight is 548 g/mol. The summed E-state index contributed by atoms with van der Waals surface area (Å²) in [7, 11) is -3.82. The molecule has 0 atom stereocenters. The highest BCUT2D eigenvalue weighted by Gasteiger charge is 2.35. The van der Waals surface area contributed by atoms with E-state index in [1.54, 1.807) is 6.08 Å². The van der Waals surface area contributed by atoms with Crippen molar-refractivity contribution in [1.82, 2.24) is 14.5 Å². The lowest BCUT2D eigenvalue weighted by atomic mass is 10.1. The molecule has 2 fully saturated rings. The lowest BCUT2D eigenvalue weighted by molar-refractivity contribution is -0.122. The molecule has 2 aromatic carbocycles. The largest absolute Gasteiger partial charge is 0.350 e. The SMILES string of the molecule is Cc1ccc(C=C2SC(=O)N(CCNC(=O)c3ccc(Cl)c(S(=O)(=O)N4CCCCC4)c3)C2=O)cc1. The maximum absolute atomic E-state index is 13.0. The summed E-state index contributed by atoms with van der Waals surface area (Å²) in [4.78, 5) is 39.1. The number of nitrogens with zero attached hydrogens (tertiary/aromatic N) is 2. The number of hydrogen-bond acceptors (Lipinski definition) is 6. The van der Waals surface area contributed by atoms with Crippen LogP contribution in [0.25, 0.3) is 6.08 Å². The van der Waals surface area contributed by atoms with Crippen molar-refractivity contribution in [2.24, 2.45) is 0 Å². The van der Waals surface area contributed by atoms with Crippen molar-refractivity contribution in [2.45, 2.75) is 31.1 Å². The van der Waals surface area contributed by atoms with Crippen LogP contribution in [0, 0.1) is 6.92 Å². The van der Waals surface area contributed by atoms with Gasteiger partial charge >= 0.3 is 0 Å². The molecule has 0 bridgehead atoms. The highest BCUT2D eigenvalue weighted by molar-refractivity contribution is 8.18. The van der Waals surface area contributed by atoms with Crippen LogP contribution in [0.15, 0.2) is 52.3 Å². The Morgan fingerprint density at radius 1 is 1.08 bits per heavy atom. The van der Waals surface area contributed by atoms with Crippen LogP contribution in [0.2, 0.25) is 5.02 Å². The van der Waals surface area contributed by atoms with Gasteiger partial charge in [-0.15, -0.1) is 0 Å². The maximum atomic E-state index is 13.0. The molecule has 0 radical (unpaired) electrons. The Bertz CT molecular complexity index is 1320. The zero-order valence-electron chi connectivity index (χ0n) is 19.7. The molecule has 4 rings (SSSR count). The normalized spacial score (nSPS) is 18.2. The number of amides is 3. The summed E-state index contributed by atoms with van der Waals surface area (Å²) in [5, 5.41) is 2.29. The molecule has 2 aliphatic rings. The molecule has 0 spiro atoms. The van der Waals surface area contributed by atoms with Crippen LogP contribution >= 0.6 is 23.4 Å². The number of aryl methyl sites for hydroxylation is 1. The van der Waals surface area contributed by atoms with Crippen LogP contribution in [0.3, 0.4) is 0 Å². The van der Waals surface area contributed by atoms with Crippen molar-refractivity contribution in [3.05, 3.63) is 69.1 Å². The standard InChI is InChI=1S/C25H26ClN3O5S2/c1-17-5-7-18(8-6-17)15-21-24(31)29(25(32)35-21)14-11-27-23(30)19-9-10-20(26)22(16-19)36(33,34)28-12-3-2-4-13-28/h5-10,15-16H,2-4,11-14H2,1H3,(H,27,30). The summed E-state index contributed by atoms with van der Waals surface area (Å²) >= 11 is 7.04. The molecule has 0 aliphatic carbocycles. The quantitative estimate of drug-likeness (QED) is 0.519. The topological polar surface area (TPSA) is 104 Å². The first-order valence-electron chi connectivity index (χ1n) is 11.6. The Morgan fingerprint density at radius 3 is 2.47 bits per heavy atom. The molecule has 2 heterocycles. The molecule has 0 aromatic heterocycles. The van der Waals surface area contributed by atoms with Gasteiger partial charge < -0.3 is 5.32 Å². The second-order valence-electron chi connectivity index (χ2n) is 8.61. The van der Waals surface area contributed by atoms with Crippen molar-refractivity contribution < 1.29 is 22.8 Å². The van der Waals surface area contributed by atoms with Gasteiger partial charge in [0.15, 0.2) is 0 Å². The van der Waals surface area contributed by atoms with E-state index in [1.807, 2.05) is 31.2 Å². The predicted molar refractivity (Wildman–Crippen MR) is 140 cm³/mol. The number of carbonyl (C=O) groups excluding carboxylic acids is 3. The van der Waals surface area contributed by atoms with Crippen LogP contribution in [0.4, 0.5) is 4.79 Å². The van der Waals surface area contributed by atoms with E-state index in [4.69, 9.17) is 11.6 Å². The Labute approximate surface area is 219 Å². The minimum absolute atomic E-state index is 0.00579. The third-order valence-electron chi connectivity index (χ3n) is 6.00. The van der Waals surface area contributed by atoms with E-state index in [0.29, 0.717) is 18.0 Å². The van der Waals surface area contributed by atoms with Gasteiger partial charge in [-0.1, -0.05) is 47.9 Å². The van der Waals surface area contributed by atoms with Crippen molar-refractivity contribution in [3.63, 3.8) is 0 Å². The number of nitrogens with one attached hydrogen (secondary N) is 1. The molecule has 2 saturated heterocycles. The first kappa shape index (κ1) is 26.4. The minimum atomic E-state index is -3.82. The second kappa shape index (κ2) is 11.2. The number of benzene rings is 2. The van der Waals surface area contributed by atoms with Crippen molar-refractivity contribution in [1.29, 1.82) is 0 Å². The van der Waals surface area contributed by atoms with Crippen LogP contribution in [-0.4, -0.2) is 60.9 Å². The highest BCUT2D eigenvalue weighted by Crippen LogP contribution is 2.32. The second-order valence-corrected chi connectivity index (χ2v) is 11.9. The van der Waals surface area contributed by atoms with Gasteiger partial charge in [0.2, 0.25) is 10.0 Å². The van der Waals surface area contributed by atoms with Crippen molar-refractivity contribution in [3.8, 4) is 0 Å². The minimum Gasteiger partial charge on any atom is -0.350 e. The summed E-state index contributed by atoms with van der Waals surface area (Å²) in [5.41, 5.74) is 2.04. The lowest BCUT2D eigenvalue weighted by Crippen LogP contribution is -2.37. The fourth-order valence-electron chi connectivity index (χ4n) is 3.98. The third kappa shape index (κ3) is 5.83. The Balaban J connectivity index is 1.39. The molecule has 8 nitrogen and oxygen atoms in total. The maximum Gasteiger partial charge on any atom is 0.293 e. The monoisotopic (exact) mass is 547 g/mol. The van der Waals surface area contributed by atoms with E-state index in [1.165, 1.54) is 22.5 Å². The molecule has 0 saturated carbocycles. The van der Waals surface area contributed by atoms with Gasteiger partial charge in [-0.05, 0) is 61.4 Å². The van der Waals surface area contributed by atoms with E-state index in [0.717, 1.165) is 47.1 Å². The van der Waals surface area contributed by atoms with Crippen molar-refractivity contribution >= 4 is 56.5 Å². The summed E-state index contributed by atoms with van der Waals surface area (Å²) < 4.78 is 27.5. The summed E-state index contributed by atoms with van der Waals surface area (Å²) in [5.74, 6) is -0.940. The lowest BCUT2D eigenvalue weighted by Gasteiger charge is -2.26. The Kier molecular flexibility index (Phi) is 8.19. The smallest absolute Gasteiger partial charge is 0.293 e. The number of imide groups is 1. The number of thioether (sulfide) groups is 1. The van der Waals surface area contributed by atoms with Gasteiger partial charge in [-0.3, -0.25) is 19.3 Å². The fourth-order valence-corrected chi connectivity index (χ4v) is 6.86. The number of halogens is 1. The van der Waals surface area contributed by atoms with Crippen LogP contribution in [-0.2, 0) is 14.8 Å². The number of carbonyl (C=O) groups is 3. The summed E-state index contributed by atoms with van der Waals surface area (Å²) in [6, 6.07) is 11.7. The Morgan fingerprint density at radius 2 is 1.78 bits per heavy atom. The van der Waals surface area contributed by atoms with Gasteiger partial charge in [-0.25, -0.2) is 8.42 Å². The molecule has 2 aliphatic heterocycles. The molecular weight excluding hydrogens is 522 g/mol. The van der Waals surface area contributed by atoms with Crippen molar-refractivity contribution in [2.75, 3.05) is 26.2 Å². The summed E-state index contributed by atoms with van der Waals surface area (Å²) in [6.45, 7) is 2.82. The first-order chi connectivity index (χ1) is 17.2. The zero-order valence-corrected chi connectivity index (χ0v) is 22.1.